The second-order valence-corrected chi connectivity index (χ2v) is 4.66. The first kappa shape index (κ1) is 13.9. The largest absolute Gasteiger partial charge is 0.508 e. The van der Waals surface area contributed by atoms with Crippen LogP contribution in [0.2, 0.25) is 0 Å². The first-order valence-electron chi connectivity index (χ1n) is 6.73. The number of aryl methyl sites for hydroxylation is 1. The van der Waals surface area contributed by atoms with Gasteiger partial charge in [0.1, 0.15) is 5.75 Å². The number of nitrogens with zero attached hydrogens (tertiary/aromatic N) is 1. The van der Waals surface area contributed by atoms with Gasteiger partial charge in [-0.25, -0.2) is 0 Å². The molecule has 1 rings (SSSR count). The third-order valence-electron chi connectivity index (χ3n) is 3.10. The van der Waals surface area contributed by atoms with E-state index >= 15 is 0 Å². The van der Waals surface area contributed by atoms with Gasteiger partial charge in [0.25, 0.3) is 0 Å². The summed E-state index contributed by atoms with van der Waals surface area (Å²) in [6.45, 7) is 8.71. The van der Waals surface area contributed by atoms with Crippen LogP contribution in [0.15, 0.2) is 18.2 Å². The van der Waals surface area contributed by atoms with Crippen LogP contribution in [0.5, 0.6) is 5.75 Å². The van der Waals surface area contributed by atoms with Crippen molar-refractivity contribution in [3.63, 3.8) is 0 Å². The molecule has 96 valence electrons. The van der Waals surface area contributed by atoms with Crippen LogP contribution in [0, 0.1) is 6.92 Å². The Labute approximate surface area is 105 Å². The Kier molecular flexibility index (Phi) is 5.88. The van der Waals surface area contributed by atoms with Crippen LogP contribution in [0.4, 0.5) is 5.69 Å². The van der Waals surface area contributed by atoms with E-state index in [2.05, 4.69) is 25.7 Å². The summed E-state index contributed by atoms with van der Waals surface area (Å²) in [6, 6.07) is 5.65. The molecule has 17 heavy (non-hydrogen) atoms. The summed E-state index contributed by atoms with van der Waals surface area (Å²) in [4.78, 5) is 2.40. The first-order chi connectivity index (χ1) is 8.19. The van der Waals surface area contributed by atoms with Crippen molar-refractivity contribution in [2.45, 2.75) is 46.5 Å². The van der Waals surface area contributed by atoms with Crippen LogP contribution in [-0.4, -0.2) is 18.2 Å². The molecule has 1 aromatic rings. The summed E-state index contributed by atoms with van der Waals surface area (Å²) in [5, 5.41) is 9.61. The van der Waals surface area contributed by atoms with Crippen molar-refractivity contribution in [2.75, 3.05) is 18.0 Å². The minimum absolute atomic E-state index is 0.364. The first-order valence-corrected chi connectivity index (χ1v) is 6.73. The standard InChI is InChI=1S/C15H25NO/c1-4-6-10-16(11-7-5-2)15-12-14(17)9-8-13(15)3/h8-9,12,17H,4-7,10-11H2,1-3H3. The maximum Gasteiger partial charge on any atom is 0.117 e. The van der Waals surface area contributed by atoms with E-state index in [9.17, 15) is 5.11 Å². The van der Waals surface area contributed by atoms with E-state index in [1.165, 1.54) is 36.9 Å². The second-order valence-electron chi connectivity index (χ2n) is 4.66. The topological polar surface area (TPSA) is 23.5 Å². The summed E-state index contributed by atoms with van der Waals surface area (Å²) >= 11 is 0. The third kappa shape index (κ3) is 4.29. The molecule has 0 aliphatic rings. The van der Waals surface area contributed by atoms with Gasteiger partial charge in [-0.2, -0.15) is 0 Å². The summed E-state index contributed by atoms with van der Waals surface area (Å²) in [7, 11) is 0. The lowest BCUT2D eigenvalue weighted by Crippen LogP contribution is -2.26. The lowest BCUT2D eigenvalue weighted by molar-refractivity contribution is 0.475. The van der Waals surface area contributed by atoms with Crippen LogP contribution < -0.4 is 4.90 Å². The molecule has 1 aromatic carbocycles. The molecule has 0 aliphatic carbocycles. The molecule has 2 heteroatoms. The van der Waals surface area contributed by atoms with E-state index in [4.69, 9.17) is 0 Å². The van der Waals surface area contributed by atoms with E-state index in [0.717, 1.165) is 13.1 Å². The highest BCUT2D eigenvalue weighted by atomic mass is 16.3. The van der Waals surface area contributed by atoms with Gasteiger partial charge in [0, 0.05) is 24.8 Å². The lowest BCUT2D eigenvalue weighted by Gasteiger charge is -2.26. The molecule has 2 nitrogen and oxygen atoms in total. The number of hydrogen-bond acceptors (Lipinski definition) is 2. The Bertz CT molecular complexity index is 328. The molecule has 0 aromatic heterocycles. The van der Waals surface area contributed by atoms with Crippen molar-refractivity contribution in [1.29, 1.82) is 0 Å². The molecular formula is C15H25NO. The third-order valence-corrected chi connectivity index (χ3v) is 3.10. The number of phenols is 1. The van der Waals surface area contributed by atoms with Crippen LogP contribution in [-0.2, 0) is 0 Å². The summed E-state index contributed by atoms with van der Waals surface area (Å²) < 4.78 is 0. The van der Waals surface area contributed by atoms with Crippen LogP contribution >= 0.6 is 0 Å². The number of hydrogen-bond donors (Lipinski definition) is 1. The maximum absolute atomic E-state index is 9.61. The van der Waals surface area contributed by atoms with Gasteiger partial charge in [0.15, 0.2) is 0 Å². The highest BCUT2D eigenvalue weighted by Crippen LogP contribution is 2.25. The average molecular weight is 235 g/mol. The van der Waals surface area contributed by atoms with E-state index in [-0.39, 0.29) is 0 Å². The van der Waals surface area contributed by atoms with Gasteiger partial charge in [0.05, 0.1) is 0 Å². The van der Waals surface area contributed by atoms with Gasteiger partial charge in [0.2, 0.25) is 0 Å². The van der Waals surface area contributed by atoms with Crippen LogP contribution in [0.25, 0.3) is 0 Å². The summed E-state index contributed by atoms with van der Waals surface area (Å²) in [5.41, 5.74) is 2.43. The Morgan fingerprint density at radius 2 is 1.65 bits per heavy atom. The van der Waals surface area contributed by atoms with Gasteiger partial charge in [-0.1, -0.05) is 32.8 Å². The van der Waals surface area contributed by atoms with Gasteiger partial charge in [-0.15, -0.1) is 0 Å². The highest BCUT2D eigenvalue weighted by Gasteiger charge is 2.09. The number of benzene rings is 1. The number of aromatic hydroxyl groups is 1. The van der Waals surface area contributed by atoms with Crippen LogP contribution in [0.3, 0.4) is 0 Å². The molecule has 0 aliphatic heterocycles. The molecule has 0 radical (unpaired) electrons. The number of phenolic OH excluding ortho intramolecular Hbond substituents is 1. The van der Waals surface area contributed by atoms with Gasteiger partial charge < -0.3 is 10.0 Å². The zero-order valence-corrected chi connectivity index (χ0v) is 11.4. The summed E-state index contributed by atoms with van der Waals surface area (Å²) in [5.74, 6) is 0.364. The minimum Gasteiger partial charge on any atom is -0.508 e. The van der Waals surface area contributed by atoms with Crippen molar-refractivity contribution in [3.8, 4) is 5.75 Å². The Morgan fingerprint density at radius 3 is 2.18 bits per heavy atom. The lowest BCUT2D eigenvalue weighted by atomic mass is 10.1. The Balaban J connectivity index is 2.82. The van der Waals surface area contributed by atoms with E-state index in [0.29, 0.717) is 5.75 Å². The zero-order chi connectivity index (χ0) is 12.7. The van der Waals surface area contributed by atoms with E-state index < -0.39 is 0 Å². The molecule has 0 saturated heterocycles. The fraction of sp³-hybridized carbons (Fsp3) is 0.600. The fourth-order valence-corrected chi connectivity index (χ4v) is 1.99. The molecule has 0 atom stereocenters. The predicted octanol–water partition coefficient (Wildman–Crippen LogP) is 4.11. The quantitative estimate of drug-likeness (QED) is 0.769. The maximum atomic E-state index is 9.61. The second kappa shape index (κ2) is 7.21. The number of unbranched alkanes of at least 4 members (excludes halogenated alkanes) is 2. The SMILES string of the molecule is CCCCN(CCCC)c1cc(O)ccc1C. The molecule has 0 bridgehead atoms. The molecule has 0 unspecified atom stereocenters. The highest BCUT2D eigenvalue weighted by molar-refractivity contribution is 5.56. The molecule has 0 fully saturated rings. The van der Waals surface area contributed by atoms with Crippen molar-refractivity contribution >= 4 is 5.69 Å². The number of rotatable bonds is 7. The van der Waals surface area contributed by atoms with Gasteiger partial charge >= 0.3 is 0 Å². The number of anilines is 1. The summed E-state index contributed by atoms with van der Waals surface area (Å²) in [6.07, 6.45) is 4.83. The predicted molar refractivity (Wildman–Crippen MR) is 74.9 cm³/mol. The fourth-order valence-electron chi connectivity index (χ4n) is 1.99. The average Bonchev–Trinajstić information content (AvgIpc) is 2.33. The molecule has 0 heterocycles. The molecule has 0 amide bonds. The molecule has 0 spiro atoms. The molecule has 1 N–H and O–H groups in total. The smallest absolute Gasteiger partial charge is 0.117 e. The monoisotopic (exact) mass is 235 g/mol. The molecule has 0 saturated carbocycles. The van der Waals surface area contributed by atoms with Crippen LogP contribution in [0.1, 0.15) is 45.1 Å². The van der Waals surface area contributed by atoms with Crippen molar-refractivity contribution in [3.05, 3.63) is 23.8 Å². The Morgan fingerprint density at radius 1 is 1.06 bits per heavy atom. The van der Waals surface area contributed by atoms with E-state index in [1.807, 2.05) is 12.1 Å². The zero-order valence-electron chi connectivity index (χ0n) is 11.4. The van der Waals surface area contributed by atoms with E-state index in [1.54, 1.807) is 6.07 Å². The Hall–Kier alpha value is -1.18. The van der Waals surface area contributed by atoms with Crippen molar-refractivity contribution in [2.24, 2.45) is 0 Å². The normalized spacial score (nSPS) is 10.5. The minimum atomic E-state index is 0.364. The molecular weight excluding hydrogens is 210 g/mol. The van der Waals surface area contributed by atoms with Gasteiger partial charge in [-0.05, 0) is 31.4 Å². The van der Waals surface area contributed by atoms with Crippen molar-refractivity contribution in [1.82, 2.24) is 0 Å². The van der Waals surface area contributed by atoms with Crippen molar-refractivity contribution < 1.29 is 5.11 Å². The van der Waals surface area contributed by atoms with Gasteiger partial charge in [-0.3, -0.25) is 0 Å².